The highest BCUT2D eigenvalue weighted by molar-refractivity contribution is 6.33. The number of nitrogens with zero attached hydrogens (tertiary/aromatic N) is 1. The molecule has 21 heavy (non-hydrogen) atoms. The summed E-state index contributed by atoms with van der Waals surface area (Å²) < 4.78 is 37.9. The van der Waals surface area contributed by atoms with E-state index in [1.807, 2.05) is 31.2 Å². The Hall–Kier alpha value is -2.01. The summed E-state index contributed by atoms with van der Waals surface area (Å²) in [6, 6.07) is 10.6. The number of hydrogen-bond acceptors (Lipinski definition) is 2. The van der Waals surface area contributed by atoms with Crippen molar-refractivity contribution in [2.75, 3.05) is 5.43 Å². The van der Waals surface area contributed by atoms with Gasteiger partial charge in [-0.15, -0.1) is 0 Å². The molecular formula is C15H12ClF3N2. The summed E-state index contributed by atoms with van der Waals surface area (Å²) in [5.74, 6) is 0. The molecular weight excluding hydrogens is 301 g/mol. The van der Waals surface area contributed by atoms with Crippen molar-refractivity contribution in [3.63, 3.8) is 0 Å². The summed E-state index contributed by atoms with van der Waals surface area (Å²) in [6.45, 7) is 1.92. The van der Waals surface area contributed by atoms with Crippen LogP contribution in [0.1, 0.15) is 16.7 Å². The second-order valence-corrected chi connectivity index (χ2v) is 4.83. The molecule has 1 N–H and O–H groups in total. The minimum absolute atomic E-state index is 0.108. The molecule has 0 aliphatic heterocycles. The van der Waals surface area contributed by atoms with E-state index in [9.17, 15) is 13.2 Å². The second kappa shape index (κ2) is 6.18. The molecule has 2 aromatic rings. The Morgan fingerprint density at radius 2 is 1.86 bits per heavy atom. The van der Waals surface area contributed by atoms with Crippen molar-refractivity contribution < 1.29 is 13.2 Å². The molecule has 2 rings (SSSR count). The molecule has 0 atom stereocenters. The van der Waals surface area contributed by atoms with E-state index in [1.54, 1.807) is 0 Å². The summed E-state index contributed by atoms with van der Waals surface area (Å²) in [6.07, 6.45) is -2.88. The third-order valence-corrected chi connectivity index (χ3v) is 3.20. The van der Waals surface area contributed by atoms with Gasteiger partial charge >= 0.3 is 6.18 Å². The molecule has 0 aliphatic rings. The lowest BCUT2D eigenvalue weighted by atomic mass is 10.1. The van der Waals surface area contributed by atoms with E-state index in [4.69, 9.17) is 11.6 Å². The van der Waals surface area contributed by atoms with Crippen LogP contribution in [-0.2, 0) is 6.18 Å². The van der Waals surface area contributed by atoms with Gasteiger partial charge in [0, 0.05) is 0 Å². The number of alkyl halides is 3. The van der Waals surface area contributed by atoms with Gasteiger partial charge in [0.05, 0.1) is 22.5 Å². The maximum Gasteiger partial charge on any atom is 0.416 e. The monoisotopic (exact) mass is 312 g/mol. The van der Waals surface area contributed by atoms with Crippen LogP contribution in [0, 0.1) is 6.92 Å². The molecule has 0 amide bonds. The SMILES string of the molecule is Cc1ccccc1C=NNc1cc(C(F)(F)F)ccc1Cl. The van der Waals surface area contributed by atoms with Crippen LogP contribution in [0.3, 0.4) is 0 Å². The zero-order valence-corrected chi connectivity index (χ0v) is 11.8. The van der Waals surface area contributed by atoms with Crippen LogP contribution in [0.25, 0.3) is 0 Å². The van der Waals surface area contributed by atoms with E-state index in [1.165, 1.54) is 12.3 Å². The number of anilines is 1. The first-order valence-electron chi connectivity index (χ1n) is 6.09. The van der Waals surface area contributed by atoms with E-state index >= 15 is 0 Å². The average Bonchev–Trinajstić information content (AvgIpc) is 2.41. The van der Waals surface area contributed by atoms with Crippen LogP contribution in [-0.4, -0.2) is 6.21 Å². The molecule has 2 aromatic carbocycles. The predicted octanol–water partition coefficient (Wildman–Crippen LogP) is 5.11. The maximum atomic E-state index is 12.6. The van der Waals surface area contributed by atoms with E-state index in [0.717, 1.165) is 23.3 Å². The van der Waals surface area contributed by atoms with Gasteiger partial charge in [0.25, 0.3) is 0 Å². The number of rotatable bonds is 3. The Morgan fingerprint density at radius 1 is 1.14 bits per heavy atom. The summed E-state index contributed by atoms with van der Waals surface area (Å²) in [5.41, 5.74) is 3.75. The first-order chi connectivity index (χ1) is 9.88. The Balaban J connectivity index is 2.18. The Morgan fingerprint density at radius 3 is 2.52 bits per heavy atom. The Kier molecular flexibility index (Phi) is 4.53. The molecule has 0 aromatic heterocycles. The lowest BCUT2D eigenvalue weighted by Crippen LogP contribution is -2.05. The number of hydrogen-bond donors (Lipinski definition) is 1. The Labute approximate surface area is 125 Å². The first kappa shape index (κ1) is 15.4. The third kappa shape index (κ3) is 3.98. The number of hydrazone groups is 1. The predicted molar refractivity (Wildman–Crippen MR) is 78.8 cm³/mol. The topological polar surface area (TPSA) is 24.4 Å². The fraction of sp³-hybridized carbons (Fsp3) is 0.133. The molecule has 0 bridgehead atoms. The lowest BCUT2D eigenvalue weighted by molar-refractivity contribution is -0.137. The average molecular weight is 313 g/mol. The molecule has 0 spiro atoms. The van der Waals surface area contributed by atoms with Gasteiger partial charge in [-0.2, -0.15) is 18.3 Å². The van der Waals surface area contributed by atoms with Gasteiger partial charge in [0.2, 0.25) is 0 Å². The zero-order valence-electron chi connectivity index (χ0n) is 11.1. The Bertz CT molecular complexity index is 666. The van der Waals surface area contributed by atoms with E-state index in [2.05, 4.69) is 10.5 Å². The van der Waals surface area contributed by atoms with Gasteiger partial charge in [0.15, 0.2) is 0 Å². The van der Waals surface area contributed by atoms with Crippen molar-refractivity contribution in [1.82, 2.24) is 0 Å². The molecule has 0 fully saturated rings. The molecule has 0 heterocycles. The van der Waals surface area contributed by atoms with E-state index < -0.39 is 11.7 Å². The molecule has 0 saturated heterocycles. The third-order valence-electron chi connectivity index (χ3n) is 2.87. The van der Waals surface area contributed by atoms with Crippen molar-refractivity contribution in [3.05, 3.63) is 64.2 Å². The fourth-order valence-corrected chi connectivity index (χ4v) is 1.85. The summed E-state index contributed by atoms with van der Waals surface area (Å²) in [5, 5.41) is 4.10. The molecule has 6 heteroatoms. The van der Waals surface area contributed by atoms with Gasteiger partial charge in [-0.1, -0.05) is 35.9 Å². The summed E-state index contributed by atoms with van der Waals surface area (Å²) in [7, 11) is 0. The summed E-state index contributed by atoms with van der Waals surface area (Å²) >= 11 is 5.86. The largest absolute Gasteiger partial charge is 0.416 e. The molecule has 0 saturated carbocycles. The normalized spacial score (nSPS) is 11.9. The van der Waals surface area contributed by atoms with Crippen LogP contribution >= 0.6 is 11.6 Å². The van der Waals surface area contributed by atoms with Gasteiger partial charge in [-0.25, -0.2) is 0 Å². The minimum atomic E-state index is -4.42. The molecule has 0 radical (unpaired) electrons. The molecule has 110 valence electrons. The fourth-order valence-electron chi connectivity index (χ4n) is 1.69. The van der Waals surface area contributed by atoms with Crippen molar-refractivity contribution in [1.29, 1.82) is 0 Å². The van der Waals surface area contributed by atoms with Crippen LogP contribution in [0.2, 0.25) is 5.02 Å². The van der Waals surface area contributed by atoms with Crippen LogP contribution < -0.4 is 5.43 Å². The van der Waals surface area contributed by atoms with E-state index in [-0.39, 0.29) is 10.7 Å². The highest BCUT2D eigenvalue weighted by Gasteiger charge is 2.30. The molecule has 0 unspecified atom stereocenters. The highest BCUT2D eigenvalue weighted by atomic mass is 35.5. The van der Waals surface area contributed by atoms with Crippen molar-refractivity contribution in [2.24, 2.45) is 5.10 Å². The zero-order chi connectivity index (χ0) is 15.5. The number of aryl methyl sites for hydroxylation is 1. The van der Waals surface area contributed by atoms with Crippen molar-refractivity contribution >= 4 is 23.5 Å². The van der Waals surface area contributed by atoms with Gasteiger partial charge in [-0.3, -0.25) is 5.43 Å². The van der Waals surface area contributed by atoms with Gasteiger partial charge < -0.3 is 0 Å². The highest BCUT2D eigenvalue weighted by Crippen LogP contribution is 2.33. The molecule has 2 nitrogen and oxygen atoms in total. The quantitative estimate of drug-likeness (QED) is 0.618. The van der Waals surface area contributed by atoms with Crippen LogP contribution in [0.15, 0.2) is 47.6 Å². The number of halogens is 4. The standard InChI is InChI=1S/C15H12ClF3N2/c1-10-4-2-3-5-11(10)9-20-21-14-8-12(15(17,18)19)6-7-13(14)16/h2-9,21H,1H3. The van der Waals surface area contributed by atoms with Crippen molar-refractivity contribution in [2.45, 2.75) is 13.1 Å². The number of nitrogens with one attached hydrogen (secondary N) is 1. The lowest BCUT2D eigenvalue weighted by Gasteiger charge is -2.09. The van der Waals surface area contributed by atoms with E-state index in [0.29, 0.717) is 0 Å². The van der Waals surface area contributed by atoms with Gasteiger partial charge in [-0.05, 0) is 36.2 Å². The van der Waals surface area contributed by atoms with Crippen molar-refractivity contribution in [3.8, 4) is 0 Å². The van der Waals surface area contributed by atoms with Gasteiger partial charge in [0.1, 0.15) is 0 Å². The minimum Gasteiger partial charge on any atom is -0.277 e. The first-order valence-corrected chi connectivity index (χ1v) is 6.47. The molecule has 0 aliphatic carbocycles. The van der Waals surface area contributed by atoms with Crippen LogP contribution in [0.5, 0.6) is 0 Å². The second-order valence-electron chi connectivity index (χ2n) is 4.42. The number of benzene rings is 2. The summed E-state index contributed by atoms with van der Waals surface area (Å²) in [4.78, 5) is 0. The van der Waals surface area contributed by atoms with Crippen LogP contribution in [0.4, 0.5) is 18.9 Å². The maximum absolute atomic E-state index is 12.6. The smallest absolute Gasteiger partial charge is 0.277 e.